The number of ether oxygens (including phenoxy) is 4. The summed E-state index contributed by atoms with van der Waals surface area (Å²) in [5, 5.41) is 0. The van der Waals surface area contributed by atoms with Gasteiger partial charge < -0.3 is 18.9 Å². The highest BCUT2D eigenvalue weighted by Gasteiger charge is 2.40. The predicted molar refractivity (Wildman–Crippen MR) is 73.3 cm³/mol. The van der Waals surface area contributed by atoms with Crippen LogP contribution in [-0.4, -0.2) is 35.5 Å². The molecule has 2 aliphatic rings. The second-order valence-corrected chi connectivity index (χ2v) is 5.83. The Balaban J connectivity index is 2.12. The second kappa shape index (κ2) is 5.53. The van der Waals surface area contributed by atoms with Gasteiger partial charge in [-0.15, -0.1) is 0 Å². The van der Waals surface area contributed by atoms with Gasteiger partial charge in [0.05, 0.1) is 0 Å². The van der Waals surface area contributed by atoms with Crippen LogP contribution in [0.2, 0.25) is 0 Å². The summed E-state index contributed by atoms with van der Waals surface area (Å²) in [6, 6.07) is 0. The summed E-state index contributed by atoms with van der Waals surface area (Å²) in [5.74, 6) is -5.99. The lowest BCUT2D eigenvalue weighted by Gasteiger charge is -2.30. The number of carbonyl (C=O) groups excluding carboxylic acids is 4. The molecule has 2 fully saturated rings. The van der Waals surface area contributed by atoms with Gasteiger partial charge >= 0.3 is 23.9 Å². The monoisotopic (exact) mass is 324 g/mol. The molecule has 8 nitrogen and oxygen atoms in total. The maximum Gasteiger partial charge on any atom is 0.348 e. The minimum atomic E-state index is -1.33. The Labute approximate surface area is 132 Å². The molecule has 0 amide bonds. The Morgan fingerprint density at radius 2 is 0.913 bits per heavy atom. The average Bonchev–Trinajstić information content (AvgIpc) is 2.32. The molecule has 0 aliphatic carbocycles. The van der Waals surface area contributed by atoms with Crippen LogP contribution < -0.4 is 0 Å². The van der Waals surface area contributed by atoms with Crippen molar-refractivity contribution in [2.75, 3.05) is 0 Å². The van der Waals surface area contributed by atoms with Gasteiger partial charge in [-0.25, -0.2) is 19.2 Å². The summed E-state index contributed by atoms with van der Waals surface area (Å²) in [6.07, 6.45) is 2.35. The fourth-order valence-electron chi connectivity index (χ4n) is 1.95. The van der Waals surface area contributed by atoms with Gasteiger partial charge in [0, 0.05) is 27.7 Å². The molecule has 0 aromatic carbocycles. The molecule has 0 bridgehead atoms. The zero-order valence-corrected chi connectivity index (χ0v) is 13.1. The van der Waals surface area contributed by atoms with E-state index in [2.05, 4.69) is 0 Å². The fourth-order valence-corrected chi connectivity index (χ4v) is 1.95. The lowest BCUT2D eigenvalue weighted by molar-refractivity contribution is -0.224. The zero-order chi connectivity index (χ0) is 17.4. The van der Waals surface area contributed by atoms with E-state index >= 15 is 0 Å². The van der Waals surface area contributed by atoms with E-state index in [-0.39, 0.29) is 17.6 Å². The van der Waals surface area contributed by atoms with Crippen molar-refractivity contribution in [3.63, 3.8) is 0 Å². The minimum Gasteiger partial charge on any atom is -0.419 e. The van der Waals surface area contributed by atoms with Crippen LogP contribution >= 0.6 is 0 Å². The number of carbonyl (C=O) groups is 4. The summed E-state index contributed by atoms with van der Waals surface area (Å²) < 4.78 is 19.7. The van der Waals surface area contributed by atoms with Gasteiger partial charge in [-0.05, 0) is 6.42 Å². The molecule has 8 heteroatoms. The van der Waals surface area contributed by atoms with Crippen molar-refractivity contribution in [2.24, 2.45) is 0 Å². The van der Waals surface area contributed by atoms with Crippen LogP contribution in [-0.2, 0) is 38.1 Å². The molecule has 2 saturated heterocycles. The molecule has 2 rings (SSSR count). The lowest BCUT2D eigenvalue weighted by Crippen LogP contribution is -2.42. The Morgan fingerprint density at radius 3 is 1.17 bits per heavy atom. The normalized spacial score (nSPS) is 22.6. The van der Waals surface area contributed by atoms with Gasteiger partial charge in [0.25, 0.3) is 11.6 Å². The number of rotatable bonds is 2. The Kier molecular flexibility index (Phi) is 4.02. The first kappa shape index (κ1) is 16.7. The molecule has 124 valence electrons. The predicted octanol–water partition coefficient (Wildman–Crippen LogP) is 0.901. The van der Waals surface area contributed by atoms with Crippen LogP contribution in [0.3, 0.4) is 0 Å². The fraction of sp³-hybridized carbons (Fsp3) is 0.467. The summed E-state index contributed by atoms with van der Waals surface area (Å²) in [4.78, 5) is 46.9. The Hall–Kier alpha value is -2.64. The molecular formula is C15H16O8. The van der Waals surface area contributed by atoms with Gasteiger partial charge in [0.2, 0.25) is 0 Å². The number of allylic oxidation sites excluding steroid dienone is 2. The van der Waals surface area contributed by atoms with Crippen molar-refractivity contribution in [3.8, 4) is 0 Å². The van der Waals surface area contributed by atoms with Crippen LogP contribution in [0, 0.1) is 0 Å². The highest BCUT2D eigenvalue weighted by molar-refractivity contribution is 6.16. The second-order valence-electron chi connectivity index (χ2n) is 5.83. The third-order valence-electron chi connectivity index (χ3n) is 2.88. The third kappa shape index (κ3) is 3.77. The molecule has 0 atom stereocenters. The van der Waals surface area contributed by atoms with Crippen molar-refractivity contribution < 1.29 is 38.1 Å². The zero-order valence-electron chi connectivity index (χ0n) is 13.1. The molecule has 0 aromatic rings. The smallest absolute Gasteiger partial charge is 0.348 e. The quantitative estimate of drug-likeness (QED) is 0.419. The van der Waals surface area contributed by atoms with Crippen molar-refractivity contribution >= 4 is 23.9 Å². The van der Waals surface area contributed by atoms with E-state index in [1.807, 2.05) is 0 Å². The molecular weight excluding hydrogens is 308 g/mol. The largest absolute Gasteiger partial charge is 0.419 e. The van der Waals surface area contributed by atoms with Crippen LogP contribution in [0.5, 0.6) is 0 Å². The molecule has 2 heterocycles. The van der Waals surface area contributed by atoms with Crippen LogP contribution in [0.25, 0.3) is 0 Å². The minimum absolute atomic E-state index is 0.0556. The number of cyclic esters (lactones) is 4. The molecule has 23 heavy (non-hydrogen) atoms. The SMILES string of the molecule is CC1(C)OC(=O)C(=CCC=C2C(=O)OC(C)(C)OC2=O)C(=O)O1. The summed E-state index contributed by atoms with van der Waals surface area (Å²) in [5.41, 5.74) is -0.613. The molecule has 0 aromatic heterocycles. The van der Waals surface area contributed by atoms with Crippen molar-refractivity contribution in [1.82, 2.24) is 0 Å². The van der Waals surface area contributed by atoms with Crippen molar-refractivity contribution in [3.05, 3.63) is 23.3 Å². The maximum atomic E-state index is 11.7. The standard InChI is InChI=1S/C15H16O8/c1-14(2)20-10(16)8(11(17)21-14)6-5-7-9-12(18)22-15(3,4)23-13(9)19/h6-7H,5H2,1-4H3. The summed E-state index contributed by atoms with van der Waals surface area (Å²) in [6.45, 7) is 5.71. The van der Waals surface area contributed by atoms with E-state index in [1.165, 1.54) is 39.8 Å². The van der Waals surface area contributed by atoms with E-state index in [1.54, 1.807) is 0 Å². The number of hydrogen-bond acceptors (Lipinski definition) is 8. The Bertz CT molecular complexity index is 550. The van der Waals surface area contributed by atoms with Crippen LogP contribution in [0.15, 0.2) is 23.3 Å². The van der Waals surface area contributed by atoms with Crippen LogP contribution in [0.1, 0.15) is 34.1 Å². The summed E-state index contributed by atoms with van der Waals surface area (Å²) in [7, 11) is 0. The van der Waals surface area contributed by atoms with Crippen molar-refractivity contribution in [2.45, 2.75) is 45.7 Å². The third-order valence-corrected chi connectivity index (χ3v) is 2.88. The topological polar surface area (TPSA) is 105 Å². The van der Waals surface area contributed by atoms with E-state index in [4.69, 9.17) is 18.9 Å². The first-order valence-corrected chi connectivity index (χ1v) is 6.84. The molecule has 2 aliphatic heterocycles. The lowest BCUT2D eigenvalue weighted by atomic mass is 10.1. The number of esters is 4. The van der Waals surface area contributed by atoms with E-state index in [9.17, 15) is 19.2 Å². The highest BCUT2D eigenvalue weighted by Crippen LogP contribution is 2.24. The first-order valence-electron chi connectivity index (χ1n) is 6.84. The van der Waals surface area contributed by atoms with E-state index < -0.39 is 35.5 Å². The van der Waals surface area contributed by atoms with Gasteiger partial charge in [0.1, 0.15) is 11.1 Å². The Morgan fingerprint density at radius 1 is 0.652 bits per heavy atom. The molecule has 0 radical (unpaired) electrons. The first-order chi connectivity index (χ1) is 10.5. The maximum absolute atomic E-state index is 11.7. The van der Waals surface area contributed by atoms with Gasteiger partial charge in [-0.1, -0.05) is 12.2 Å². The van der Waals surface area contributed by atoms with Gasteiger partial charge in [-0.3, -0.25) is 0 Å². The van der Waals surface area contributed by atoms with E-state index in [0.29, 0.717) is 0 Å². The molecule has 0 spiro atoms. The number of hydrogen-bond donors (Lipinski definition) is 0. The van der Waals surface area contributed by atoms with E-state index in [0.717, 1.165) is 0 Å². The van der Waals surface area contributed by atoms with Gasteiger partial charge in [-0.2, -0.15) is 0 Å². The molecule has 0 saturated carbocycles. The highest BCUT2D eigenvalue weighted by atomic mass is 16.7. The van der Waals surface area contributed by atoms with Crippen molar-refractivity contribution in [1.29, 1.82) is 0 Å². The van der Waals surface area contributed by atoms with Gasteiger partial charge in [0.15, 0.2) is 0 Å². The average molecular weight is 324 g/mol. The molecule has 0 N–H and O–H groups in total. The van der Waals surface area contributed by atoms with Crippen LogP contribution in [0.4, 0.5) is 0 Å². The summed E-state index contributed by atoms with van der Waals surface area (Å²) >= 11 is 0. The molecule has 0 unspecified atom stereocenters.